The molecule has 0 radical (unpaired) electrons. The number of aryl methyl sites for hydroxylation is 1. The Labute approximate surface area is 153 Å². The van der Waals surface area contributed by atoms with Crippen molar-refractivity contribution in [2.24, 2.45) is 0 Å². The summed E-state index contributed by atoms with van der Waals surface area (Å²) in [5, 5.41) is 2.79. The predicted octanol–water partition coefficient (Wildman–Crippen LogP) is 2.42. The fraction of sp³-hybridized carbons (Fsp3) is 0.316. The van der Waals surface area contributed by atoms with Crippen molar-refractivity contribution < 1.29 is 17.6 Å². The summed E-state index contributed by atoms with van der Waals surface area (Å²) in [6, 6.07) is 13.0. The monoisotopic (exact) mass is 378 g/mol. The average molecular weight is 378 g/mol. The molecule has 5 nitrogen and oxygen atoms in total. The highest BCUT2D eigenvalue weighted by Gasteiger charge is 2.12. The Kier molecular flexibility index (Phi) is 7.29. The summed E-state index contributed by atoms with van der Waals surface area (Å²) in [5.74, 6) is -0.437. The lowest BCUT2D eigenvalue weighted by molar-refractivity contribution is -0.121. The summed E-state index contributed by atoms with van der Waals surface area (Å²) >= 11 is 0. The summed E-state index contributed by atoms with van der Waals surface area (Å²) in [6.07, 6.45) is 1.17. The molecule has 0 heterocycles. The number of benzene rings is 2. The van der Waals surface area contributed by atoms with Crippen LogP contribution in [0.15, 0.2) is 53.4 Å². The van der Waals surface area contributed by atoms with Crippen molar-refractivity contribution in [2.45, 2.75) is 31.1 Å². The van der Waals surface area contributed by atoms with E-state index in [-0.39, 0.29) is 23.0 Å². The lowest BCUT2D eigenvalue weighted by Gasteiger charge is -2.08. The van der Waals surface area contributed by atoms with Gasteiger partial charge >= 0.3 is 0 Å². The first-order valence-corrected chi connectivity index (χ1v) is 9.99. The van der Waals surface area contributed by atoms with E-state index in [0.717, 1.165) is 5.56 Å². The maximum atomic E-state index is 13.5. The summed E-state index contributed by atoms with van der Waals surface area (Å²) in [5.41, 5.74) is 1.45. The minimum absolute atomic E-state index is 0.139. The van der Waals surface area contributed by atoms with Crippen molar-refractivity contribution in [1.82, 2.24) is 10.0 Å². The SMILES string of the molecule is CCNS(=O)(=O)c1ccc(CCNC(=O)CCc2ccccc2F)cc1. The Hall–Kier alpha value is -2.25. The van der Waals surface area contributed by atoms with Crippen LogP contribution in [0.1, 0.15) is 24.5 Å². The molecule has 2 aromatic rings. The Morgan fingerprint density at radius 1 is 1.04 bits per heavy atom. The van der Waals surface area contributed by atoms with Gasteiger partial charge < -0.3 is 5.32 Å². The van der Waals surface area contributed by atoms with Crippen LogP contribution in [0.3, 0.4) is 0 Å². The van der Waals surface area contributed by atoms with E-state index in [0.29, 0.717) is 31.5 Å². The summed E-state index contributed by atoms with van der Waals surface area (Å²) < 4.78 is 39.7. The number of carbonyl (C=O) groups is 1. The number of nitrogens with one attached hydrogen (secondary N) is 2. The molecule has 2 aromatic carbocycles. The van der Waals surface area contributed by atoms with Crippen molar-refractivity contribution >= 4 is 15.9 Å². The van der Waals surface area contributed by atoms with Gasteiger partial charge in [-0.2, -0.15) is 0 Å². The smallest absolute Gasteiger partial charge is 0.240 e. The van der Waals surface area contributed by atoms with E-state index in [1.165, 1.54) is 6.07 Å². The molecule has 1 amide bonds. The van der Waals surface area contributed by atoms with Gasteiger partial charge in [-0.05, 0) is 42.2 Å². The van der Waals surface area contributed by atoms with Gasteiger partial charge in [-0.25, -0.2) is 17.5 Å². The second-order valence-electron chi connectivity index (χ2n) is 5.84. The molecular formula is C19H23FN2O3S. The highest BCUT2D eigenvalue weighted by atomic mass is 32.2. The standard InChI is InChI=1S/C19H23FN2O3S/c1-2-22-26(24,25)17-10-7-15(8-11-17)13-14-21-19(23)12-9-16-5-3-4-6-18(16)20/h3-8,10-11,22H,2,9,12-14H2,1H3,(H,21,23). The Balaban J connectivity index is 1.77. The van der Waals surface area contributed by atoms with E-state index in [9.17, 15) is 17.6 Å². The van der Waals surface area contributed by atoms with Gasteiger partial charge in [0.2, 0.25) is 15.9 Å². The number of hydrogen-bond donors (Lipinski definition) is 2. The first-order chi connectivity index (χ1) is 12.4. The number of rotatable bonds is 9. The molecule has 2 N–H and O–H groups in total. The zero-order valence-corrected chi connectivity index (χ0v) is 15.5. The molecule has 0 aliphatic carbocycles. The molecule has 2 rings (SSSR count). The van der Waals surface area contributed by atoms with Crippen LogP contribution in [0.5, 0.6) is 0 Å². The quantitative estimate of drug-likeness (QED) is 0.704. The molecule has 0 aliphatic heterocycles. The van der Waals surface area contributed by atoms with E-state index in [1.54, 1.807) is 49.4 Å². The molecule has 0 saturated carbocycles. The topological polar surface area (TPSA) is 75.3 Å². The maximum Gasteiger partial charge on any atom is 0.240 e. The molecular weight excluding hydrogens is 355 g/mol. The molecule has 140 valence electrons. The fourth-order valence-electron chi connectivity index (χ4n) is 2.49. The number of amides is 1. The van der Waals surface area contributed by atoms with Crippen LogP contribution in [-0.2, 0) is 27.7 Å². The molecule has 0 atom stereocenters. The van der Waals surface area contributed by atoms with Crippen LogP contribution < -0.4 is 10.0 Å². The maximum absolute atomic E-state index is 13.5. The second-order valence-corrected chi connectivity index (χ2v) is 7.60. The zero-order chi connectivity index (χ0) is 19.0. The first-order valence-electron chi connectivity index (χ1n) is 8.51. The zero-order valence-electron chi connectivity index (χ0n) is 14.7. The van der Waals surface area contributed by atoms with Crippen LogP contribution >= 0.6 is 0 Å². The van der Waals surface area contributed by atoms with E-state index < -0.39 is 10.0 Å². The van der Waals surface area contributed by atoms with Crippen molar-refractivity contribution in [3.05, 3.63) is 65.5 Å². The molecule has 0 fully saturated rings. The van der Waals surface area contributed by atoms with Gasteiger partial charge in [0, 0.05) is 19.5 Å². The third kappa shape index (κ3) is 5.93. The van der Waals surface area contributed by atoms with Gasteiger partial charge in [-0.1, -0.05) is 37.3 Å². The third-order valence-electron chi connectivity index (χ3n) is 3.88. The number of carbonyl (C=O) groups excluding carboxylic acids is 1. The van der Waals surface area contributed by atoms with Gasteiger partial charge in [0.05, 0.1) is 4.90 Å². The summed E-state index contributed by atoms with van der Waals surface area (Å²) in [7, 11) is -3.45. The summed E-state index contributed by atoms with van der Waals surface area (Å²) in [6.45, 7) is 2.50. The number of halogens is 1. The second kappa shape index (κ2) is 9.45. The third-order valence-corrected chi connectivity index (χ3v) is 5.44. The fourth-order valence-corrected chi connectivity index (χ4v) is 3.53. The lowest BCUT2D eigenvalue weighted by Crippen LogP contribution is -2.26. The Bertz CT molecular complexity index is 836. The van der Waals surface area contributed by atoms with Gasteiger partial charge in [0.25, 0.3) is 0 Å². The van der Waals surface area contributed by atoms with Crippen molar-refractivity contribution in [1.29, 1.82) is 0 Å². The van der Waals surface area contributed by atoms with E-state index in [1.807, 2.05) is 0 Å². The van der Waals surface area contributed by atoms with Crippen molar-refractivity contribution in [2.75, 3.05) is 13.1 Å². The lowest BCUT2D eigenvalue weighted by atomic mass is 10.1. The minimum Gasteiger partial charge on any atom is -0.356 e. The normalized spacial score (nSPS) is 11.3. The van der Waals surface area contributed by atoms with Crippen LogP contribution in [0, 0.1) is 5.82 Å². The molecule has 7 heteroatoms. The van der Waals surface area contributed by atoms with E-state index in [4.69, 9.17) is 0 Å². The van der Waals surface area contributed by atoms with Crippen LogP contribution in [0.25, 0.3) is 0 Å². The number of sulfonamides is 1. The van der Waals surface area contributed by atoms with Gasteiger partial charge in [-0.15, -0.1) is 0 Å². The summed E-state index contributed by atoms with van der Waals surface area (Å²) in [4.78, 5) is 12.1. The van der Waals surface area contributed by atoms with Gasteiger partial charge in [0.15, 0.2) is 0 Å². The van der Waals surface area contributed by atoms with Crippen LogP contribution in [0.4, 0.5) is 4.39 Å². The average Bonchev–Trinajstić information content (AvgIpc) is 2.61. The van der Waals surface area contributed by atoms with E-state index in [2.05, 4.69) is 10.0 Å². The molecule has 0 bridgehead atoms. The Morgan fingerprint density at radius 3 is 2.38 bits per heavy atom. The molecule has 0 saturated heterocycles. The van der Waals surface area contributed by atoms with Crippen molar-refractivity contribution in [3.63, 3.8) is 0 Å². The van der Waals surface area contributed by atoms with E-state index >= 15 is 0 Å². The van der Waals surface area contributed by atoms with Crippen LogP contribution in [0.2, 0.25) is 0 Å². The molecule has 26 heavy (non-hydrogen) atoms. The Morgan fingerprint density at radius 2 is 1.73 bits per heavy atom. The minimum atomic E-state index is -3.45. The molecule has 0 aromatic heterocycles. The first kappa shape index (κ1) is 20.1. The highest BCUT2D eigenvalue weighted by molar-refractivity contribution is 7.89. The molecule has 0 spiro atoms. The van der Waals surface area contributed by atoms with Crippen molar-refractivity contribution in [3.8, 4) is 0 Å². The molecule has 0 unspecified atom stereocenters. The largest absolute Gasteiger partial charge is 0.356 e. The molecule has 0 aliphatic rings. The number of hydrogen-bond acceptors (Lipinski definition) is 3. The highest BCUT2D eigenvalue weighted by Crippen LogP contribution is 2.11. The van der Waals surface area contributed by atoms with Crippen LogP contribution in [-0.4, -0.2) is 27.4 Å². The predicted molar refractivity (Wildman–Crippen MR) is 98.7 cm³/mol. The van der Waals surface area contributed by atoms with Gasteiger partial charge in [0.1, 0.15) is 5.82 Å². The van der Waals surface area contributed by atoms with Gasteiger partial charge in [-0.3, -0.25) is 4.79 Å².